The Bertz CT molecular complexity index is 1310. The number of aryl methyl sites for hydroxylation is 1. The number of thiophene rings is 1. The molecule has 2 heterocycles. The summed E-state index contributed by atoms with van der Waals surface area (Å²) in [6.07, 6.45) is 1.66. The molecule has 2 aromatic heterocycles. The molecule has 0 aliphatic carbocycles. The molecule has 4 aromatic rings. The SMILES string of the molecule is CCOCCCn1c(SCC(=O)Nc2ccc(CC)cc2)nc2c(sc3ccccc32)c1=O. The largest absolute Gasteiger partial charge is 0.382 e. The molecule has 0 aliphatic heterocycles. The van der Waals surface area contributed by atoms with E-state index in [0.29, 0.717) is 41.6 Å². The molecule has 0 saturated carbocycles. The lowest BCUT2D eigenvalue weighted by Crippen LogP contribution is -2.24. The minimum atomic E-state index is -0.130. The number of ether oxygens (including phenoxy) is 1. The van der Waals surface area contributed by atoms with E-state index in [1.165, 1.54) is 28.7 Å². The molecule has 6 nitrogen and oxygen atoms in total. The highest BCUT2D eigenvalue weighted by molar-refractivity contribution is 7.99. The number of fused-ring (bicyclic) bond motifs is 3. The molecule has 1 amide bonds. The van der Waals surface area contributed by atoms with Crippen LogP contribution >= 0.6 is 23.1 Å². The lowest BCUT2D eigenvalue weighted by molar-refractivity contribution is -0.113. The second-order valence-corrected chi connectivity index (χ2v) is 9.56. The van der Waals surface area contributed by atoms with Crippen LogP contribution in [-0.2, 0) is 22.5 Å². The second kappa shape index (κ2) is 11.0. The molecule has 1 N–H and O–H groups in total. The average molecular weight is 482 g/mol. The van der Waals surface area contributed by atoms with E-state index in [2.05, 4.69) is 12.2 Å². The maximum absolute atomic E-state index is 13.4. The number of hydrogen-bond acceptors (Lipinski definition) is 6. The number of anilines is 1. The second-order valence-electron chi connectivity index (χ2n) is 7.56. The van der Waals surface area contributed by atoms with E-state index in [4.69, 9.17) is 9.72 Å². The number of nitrogens with one attached hydrogen (secondary N) is 1. The molecule has 0 bridgehead atoms. The monoisotopic (exact) mass is 481 g/mol. The van der Waals surface area contributed by atoms with Crippen LogP contribution < -0.4 is 10.9 Å². The zero-order valence-corrected chi connectivity index (χ0v) is 20.4. The van der Waals surface area contributed by atoms with E-state index in [1.807, 2.05) is 55.5 Å². The maximum Gasteiger partial charge on any atom is 0.272 e. The molecule has 172 valence electrons. The Morgan fingerprint density at radius 3 is 2.70 bits per heavy atom. The van der Waals surface area contributed by atoms with Crippen LogP contribution in [0.1, 0.15) is 25.8 Å². The Kier molecular flexibility index (Phi) is 7.80. The molecule has 0 radical (unpaired) electrons. The first-order valence-electron chi connectivity index (χ1n) is 11.1. The molecule has 8 heteroatoms. The van der Waals surface area contributed by atoms with Crippen molar-refractivity contribution < 1.29 is 9.53 Å². The Morgan fingerprint density at radius 1 is 1.15 bits per heavy atom. The van der Waals surface area contributed by atoms with E-state index in [1.54, 1.807) is 4.57 Å². The zero-order valence-electron chi connectivity index (χ0n) is 18.8. The van der Waals surface area contributed by atoms with Gasteiger partial charge in [-0.1, -0.05) is 49.0 Å². The number of hydrogen-bond donors (Lipinski definition) is 1. The van der Waals surface area contributed by atoms with Gasteiger partial charge in [0.25, 0.3) is 5.56 Å². The maximum atomic E-state index is 13.4. The number of aromatic nitrogens is 2. The van der Waals surface area contributed by atoms with Gasteiger partial charge in [0.15, 0.2) is 5.16 Å². The summed E-state index contributed by atoms with van der Waals surface area (Å²) >= 11 is 2.76. The van der Waals surface area contributed by atoms with Crippen LogP contribution in [0.3, 0.4) is 0 Å². The molecule has 0 unspecified atom stereocenters. The molecule has 0 fully saturated rings. The van der Waals surface area contributed by atoms with Crippen LogP contribution in [0.25, 0.3) is 20.3 Å². The highest BCUT2D eigenvalue weighted by Gasteiger charge is 2.17. The van der Waals surface area contributed by atoms with Crippen LogP contribution in [0.15, 0.2) is 58.5 Å². The van der Waals surface area contributed by atoms with Gasteiger partial charge in [0.05, 0.1) is 11.3 Å². The van der Waals surface area contributed by atoms with E-state index >= 15 is 0 Å². The molecular formula is C25H27N3O3S2. The van der Waals surface area contributed by atoms with Crippen molar-refractivity contribution in [3.05, 3.63) is 64.4 Å². The average Bonchev–Trinajstić information content (AvgIpc) is 3.21. The lowest BCUT2D eigenvalue weighted by Gasteiger charge is -2.12. The summed E-state index contributed by atoms with van der Waals surface area (Å²) in [6, 6.07) is 15.7. The standard InChI is InChI=1S/C25H27N3O3S2/c1-3-17-10-12-18(13-11-17)26-21(29)16-32-25-27-22-19-8-5-6-9-20(19)33-23(22)24(30)28(25)14-7-15-31-4-2/h5-6,8-13H,3-4,7,14-16H2,1-2H3,(H,26,29). The first kappa shape index (κ1) is 23.5. The van der Waals surface area contributed by atoms with Gasteiger partial charge in [-0.15, -0.1) is 11.3 Å². The molecule has 0 saturated heterocycles. The van der Waals surface area contributed by atoms with E-state index in [0.717, 1.165) is 22.2 Å². The van der Waals surface area contributed by atoms with Crippen LogP contribution in [0.4, 0.5) is 5.69 Å². The van der Waals surface area contributed by atoms with Crippen molar-refractivity contribution in [2.24, 2.45) is 0 Å². The third-order valence-electron chi connectivity index (χ3n) is 5.30. The predicted molar refractivity (Wildman–Crippen MR) is 138 cm³/mol. The summed E-state index contributed by atoms with van der Waals surface area (Å²) in [6.45, 7) is 5.76. The summed E-state index contributed by atoms with van der Waals surface area (Å²) in [5, 5.41) is 4.46. The van der Waals surface area contributed by atoms with Crippen molar-refractivity contribution in [1.29, 1.82) is 0 Å². The molecule has 33 heavy (non-hydrogen) atoms. The summed E-state index contributed by atoms with van der Waals surface area (Å²) in [5.74, 6) is 0.0377. The summed E-state index contributed by atoms with van der Waals surface area (Å²) < 4.78 is 8.82. The Hall–Kier alpha value is -2.68. The third kappa shape index (κ3) is 5.46. The third-order valence-corrected chi connectivity index (χ3v) is 7.42. The predicted octanol–water partition coefficient (Wildman–Crippen LogP) is 5.33. The van der Waals surface area contributed by atoms with Gasteiger partial charge in [-0.05, 0) is 43.5 Å². The summed E-state index contributed by atoms with van der Waals surface area (Å²) in [4.78, 5) is 30.8. The van der Waals surface area contributed by atoms with Gasteiger partial charge >= 0.3 is 0 Å². The first-order chi connectivity index (χ1) is 16.1. The van der Waals surface area contributed by atoms with Crippen LogP contribution in [-0.4, -0.2) is 34.4 Å². The minimum Gasteiger partial charge on any atom is -0.382 e. The van der Waals surface area contributed by atoms with Gasteiger partial charge in [-0.25, -0.2) is 4.98 Å². The van der Waals surface area contributed by atoms with Gasteiger partial charge in [0.1, 0.15) is 4.70 Å². The normalized spacial score (nSPS) is 11.3. The summed E-state index contributed by atoms with van der Waals surface area (Å²) in [7, 11) is 0. The molecule has 0 atom stereocenters. The number of carbonyl (C=O) groups excluding carboxylic acids is 1. The minimum absolute atomic E-state index is 0.0595. The topological polar surface area (TPSA) is 73.2 Å². The fourth-order valence-corrected chi connectivity index (χ4v) is 5.49. The van der Waals surface area contributed by atoms with Gasteiger partial charge in [0, 0.05) is 35.5 Å². The first-order valence-corrected chi connectivity index (χ1v) is 12.9. The number of thioether (sulfide) groups is 1. The van der Waals surface area contributed by atoms with Crippen molar-refractivity contribution in [2.45, 2.75) is 38.4 Å². The number of amides is 1. The Balaban J connectivity index is 1.58. The van der Waals surface area contributed by atoms with Crippen molar-refractivity contribution in [3.8, 4) is 0 Å². The van der Waals surface area contributed by atoms with E-state index in [9.17, 15) is 9.59 Å². The smallest absolute Gasteiger partial charge is 0.272 e. The Morgan fingerprint density at radius 2 is 1.94 bits per heavy atom. The van der Waals surface area contributed by atoms with Crippen LogP contribution in [0, 0.1) is 0 Å². The highest BCUT2D eigenvalue weighted by Crippen LogP contribution is 2.31. The van der Waals surface area contributed by atoms with Gasteiger partial charge in [-0.3, -0.25) is 14.2 Å². The van der Waals surface area contributed by atoms with Gasteiger partial charge in [-0.2, -0.15) is 0 Å². The van der Waals surface area contributed by atoms with Crippen LogP contribution in [0.2, 0.25) is 0 Å². The number of benzene rings is 2. The number of rotatable bonds is 10. The lowest BCUT2D eigenvalue weighted by atomic mass is 10.1. The molecular weight excluding hydrogens is 454 g/mol. The van der Waals surface area contributed by atoms with E-state index in [-0.39, 0.29) is 17.2 Å². The molecule has 4 rings (SSSR count). The van der Waals surface area contributed by atoms with Crippen molar-refractivity contribution in [3.63, 3.8) is 0 Å². The van der Waals surface area contributed by atoms with Gasteiger partial charge in [0.2, 0.25) is 5.91 Å². The van der Waals surface area contributed by atoms with Gasteiger partial charge < -0.3 is 10.1 Å². The summed E-state index contributed by atoms with van der Waals surface area (Å²) in [5.41, 5.74) is 2.63. The zero-order chi connectivity index (χ0) is 23.2. The van der Waals surface area contributed by atoms with E-state index < -0.39 is 0 Å². The van der Waals surface area contributed by atoms with Crippen molar-refractivity contribution >= 4 is 55.0 Å². The number of carbonyl (C=O) groups is 1. The van der Waals surface area contributed by atoms with Crippen molar-refractivity contribution in [1.82, 2.24) is 9.55 Å². The Labute approximate surface area is 201 Å². The number of nitrogens with zero attached hydrogens (tertiary/aromatic N) is 2. The highest BCUT2D eigenvalue weighted by atomic mass is 32.2. The molecule has 2 aromatic carbocycles. The van der Waals surface area contributed by atoms with Crippen LogP contribution in [0.5, 0.6) is 0 Å². The fourth-order valence-electron chi connectivity index (χ4n) is 3.58. The van der Waals surface area contributed by atoms with Crippen molar-refractivity contribution in [2.75, 3.05) is 24.3 Å². The fraction of sp³-hybridized carbons (Fsp3) is 0.320. The molecule has 0 aliphatic rings. The molecule has 0 spiro atoms. The quantitative estimate of drug-likeness (QED) is 0.188.